The number of rotatable bonds is 11. The lowest BCUT2D eigenvalue weighted by Crippen LogP contribution is -2.41. The summed E-state index contributed by atoms with van der Waals surface area (Å²) in [5, 5.41) is 26.7. The Bertz CT molecular complexity index is 1740. The van der Waals surface area contributed by atoms with E-state index in [2.05, 4.69) is 29.8 Å². The minimum atomic E-state index is -3.71. The Morgan fingerprint density at radius 3 is 2.35 bits per heavy atom. The minimum Gasteiger partial charge on any atom is -0.481 e. The van der Waals surface area contributed by atoms with Crippen molar-refractivity contribution in [2.24, 2.45) is 0 Å². The number of aromatic nitrogens is 6. The summed E-state index contributed by atoms with van der Waals surface area (Å²) in [5.74, 6) is -3.15. The number of carbonyl (C=O) groups is 1. The number of anilines is 3. The number of aliphatic hydroxyl groups excluding tert-OH is 2. The van der Waals surface area contributed by atoms with Gasteiger partial charge in [0.1, 0.15) is 17.4 Å². The van der Waals surface area contributed by atoms with Gasteiger partial charge in [0.15, 0.2) is 16.4 Å². The molecule has 1 aliphatic rings. The summed E-state index contributed by atoms with van der Waals surface area (Å²) in [7, 11) is 0. The third-order valence-electron chi connectivity index (χ3n) is 6.85. The van der Waals surface area contributed by atoms with Gasteiger partial charge in [0.2, 0.25) is 12.2 Å². The van der Waals surface area contributed by atoms with Crippen LogP contribution in [0.15, 0.2) is 47.7 Å². The second-order valence-electron chi connectivity index (χ2n) is 10.2. The van der Waals surface area contributed by atoms with E-state index in [0.717, 1.165) is 43.0 Å². The van der Waals surface area contributed by atoms with E-state index in [1.165, 1.54) is 6.33 Å². The van der Waals surface area contributed by atoms with Crippen molar-refractivity contribution < 1.29 is 33.6 Å². The number of aliphatic carboxylic acids is 1. The molecule has 0 spiro atoms. The van der Waals surface area contributed by atoms with Gasteiger partial charge in [-0.1, -0.05) is 24.4 Å². The van der Waals surface area contributed by atoms with Gasteiger partial charge in [-0.15, -0.1) is 23.2 Å². The Labute approximate surface area is 300 Å². The third kappa shape index (κ3) is 11.5. The summed E-state index contributed by atoms with van der Waals surface area (Å²) in [6.45, 7) is 0.754. The van der Waals surface area contributed by atoms with Crippen molar-refractivity contribution in [3.63, 3.8) is 0 Å². The molecule has 15 nitrogen and oxygen atoms in total. The molecule has 4 heterocycles. The van der Waals surface area contributed by atoms with Gasteiger partial charge in [-0.3, -0.25) is 9.36 Å². The van der Waals surface area contributed by atoms with Gasteiger partial charge in [-0.2, -0.15) is 27.3 Å². The number of aromatic amines is 2. The Kier molecular flexibility index (Phi) is 16.6. The van der Waals surface area contributed by atoms with Gasteiger partial charge >= 0.3 is 17.6 Å². The van der Waals surface area contributed by atoms with Crippen molar-refractivity contribution in [1.82, 2.24) is 29.5 Å². The van der Waals surface area contributed by atoms with Crippen LogP contribution in [0.1, 0.15) is 24.6 Å². The van der Waals surface area contributed by atoms with Crippen LogP contribution >= 0.6 is 48.9 Å². The van der Waals surface area contributed by atoms with Crippen LogP contribution in [0.3, 0.4) is 0 Å². The molecule has 1 fully saturated rings. The van der Waals surface area contributed by atoms with Gasteiger partial charge in [0.05, 0.1) is 12.9 Å². The molecule has 0 aliphatic carbocycles. The third-order valence-corrected chi connectivity index (χ3v) is 7.49. The van der Waals surface area contributed by atoms with E-state index < -0.39 is 42.6 Å². The number of benzene rings is 1. The van der Waals surface area contributed by atoms with E-state index in [0.29, 0.717) is 38.6 Å². The molecule has 9 N–H and O–H groups in total. The van der Waals surface area contributed by atoms with Crippen LogP contribution in [0.2, 0.25) is 0 Å². The Balaban J connectivity index is 0.000000260. The van der Waals surface area contributed by atoms with Crippen molar-refractivity contribution in [3.05, 3.63) is 63.5 Å². The number of halogens is 4. The van der Waals surface area contributed by atoms with Crippen LogP contribution < -0.4 is 22.1 Å². The Morgan fingerprint density at radius 1 is 1.14 bits per heavy atom. The number of ether oxygens (including phenoxy) is 1. The first-order valence-corrected chi connectivity index (χ1v) is 15.8. The standard InChI is InChI=1S/C14H19Cl2NO2.C9H11F2N3O4.C5H5N5S.H2S/c15-8-10-17(11-9-16)13-6-4-12(5-7-13)2-1-3-14(18)19;10-9(11)6(16)4(3-15)18-7(9)14-2-1-5(12)13-8(14)17;6-5-9-3-2(4(11)10-5)7-1-8-3;/h4-7H,1-3,8-11H2,(H,18,19);1-2,4,6-7,15-16H,3H2,(H2,12,13,17);1H,(H4,6,7,8,9,10,11);1H2/t;4-,6-,7-;;/m.1../s1. The fourth-order valence-corrected chi connectivity index (χ4v) is 5.14. The molecule has 21 heteroatoms. The number of carboxylic acids is 1. The van der Waals surface area contributed by atoms with E-state index >= 15 is 0 Å². The van der Waals surface area contributed by atoms with Crippen molar-refractivity contribution in [2.75, 3.05) is 47.8 Å². The Hall–Kier alpha value is -3.59. The second kappa shape index (κ2) is 19.6. The highest BCUT2D eigenvalue weighted by Crippen LogP contribution is 2.41. The number of aliphatic hydroxyl groups is 2. The van der Waals surface area contributed by atoms with Crippen molar-refractivity contribution in [1.29, 1.82) is 0 Å². The maximum Gasteiger partial charge on any atom is 0.351 e. The molecule has 1 saturated heterocycles. The van der Waals surface area contributed by atoms with E-state index in [9.17, 15) is 23.5 Å². The quantitative estimate of drug-likeness (QED) is 0.0860. The van der Waals surface area contributed by atoms with E-state index in [1.807, 2.05) is 24.3 Å². The summed E-state index contributed by atoms with van der Waals surface area (Å²) < 4.78 is 33.1. The first-order chi connectivity index (χ1) is 22.8. The summed E-state index contributed by atoms with van der Waals surface area (Å²) >= 11 is 16.5. The number of H-pyrrole nitrogens is 2. The molecule has 49 heavy (non-hydrogen) atoms. The van der Waals surface area contributed by atoms with Crippen LogP contribution in [-0.4, -0.2) is 100 Å². The summed E-state index contributed by atoms with van der Waals surface area (Å²) in [4.78, 5) is 40.7. The zero-order chi connectivity index (χ0) is 35.4. The average Bonchev–Trinajstić information content (AvgIpc) is 3.60. The molecule has 5 rings (SSSR count). The number of alkyl halides is 4. The Morgan fingerprint density at radius 2 is 1.80 bits per heavy atom. The predicted molar refractivity (Wildman–Crippen MR) is 189 cm³/mol. The molecular formula is C28H37Cl2F2N9O6S2. The normalized spacial score (nSPS) is 17.6. The predicted octanol–water partition coefficient (Wildman–Crippen LogP) is 2.80. The molecule has 0 radical (unpaired) electrons. The number of carboxylic acid groups (broad SMARTS) is 1. The first kappa shape index (κ1) is 41.6. The summed E-state index contributed by atoms with van der Waals surface area (Å²) in [6, 6.07) is 9.29. The zero-order valence-electron chi connectivity index (χ0n) is 25.8. The molecule has 270 valence electrons. The molecular weight excluding hydrogens is 731 g/mol. The average molecular weight is 769 g/mol. The lowest BCUT2D eigenvalue weighted by atomic mass is 10.1. The van der Waals surface area contributed by atoms with Crippen LogP contribution in [0.25, 0.3) is 11.2 Å². The van der Waals surface area contributed by atoms with Crippen LogP contribution in [-0.2, 0) is 16.0 Å². The van der Waals surface area contributed by atoms with Gasteiger partial charge in [-0.25, -0.2) is 14.8 Å². The summed E-state index contributed by atoms with van der Waals surface area (Å²) in [6.07, 6.45) is -1.48. The monoisotopic (exact) mass is 767 g/mol. The second-order valence-corrected chi connectivity index (χ2v) is 11.3. The highest BCUT2D eigenvalue weighted by Gasteiger charge is 2.59. The molecule has 0 saturated carbocycles. The molecule has 0 unspecified atom stereocenters. The lowest BCUT2D eigenvalue weighted by molar-refractivity contribution is -0.141. The SMILES string of the molecule is Nc1ccn([C@@H]2O[C@H](CO)[C@@H](O)C2(F)F)c(=O)n1.Nc1nc(=S)c2[nH]cnc2[nH]1.O=C(O)CCCc1ccc(N(CCCl)CCCl)cc1.S. The van der Waals surface area contributed by atoms with Gasteiger partial charge in [-0.05, 0) is 36.6 Å². The summed E-state index contributed by atoms with van der Waals surface area (Å²) in [5.41, 5.74) is 13.2. The number of nitrogen functional groups attached to an aromatic ring is 2. The number of nitrogens with zero attached hydrogens (tertiary/aromatic N) is 5. The topological polar surface area (TPSA) is 235 Å². The van der Waals surface area contributed by atoms with Crippen LogP contribution in [0.4, 0.5) is 26.2 Å². The number of fused-ring (bicyclic) bond motifs is 1. The molecule has 1 aromatic carbocycles. The highest BCUT2D eigenvalue weighted by molar-refractivity contribution is 7.71. The fourth-order valence-electron chi connectivity index (χ4n) is 4.48. The molecule has 0 bridgehead atoms. The van der Waals surface area contributed by atoms with Crippen LogP contribution in [0, 0.1) is 4.64 Å². The van der Waals surface area contributed by atoms with Gasteiger partial charge in [0, 0.05) is 43.2 Å². The molecule has 3 atom stereocenters. The molecule has 1 aliphatic heterocycles. The van der Waals surface area contributed by atoms with E-state index in [-0.39, 0.29) is 31.7 Å². The highest BCUT2D eigenvalue weighted by atomic mass is 35.5. The minimum absolute atomic E-state index is 0. The lowest BCUT2D eigenvalue weighted by Gasteiger charge is -2.23. The van der Waals surface area contributed by atoms with Crippen LogP contribution in [0.5, 0.6) is 0 Å². The maximum absolute atomic E-state index is 13.7. The number of nitrogens with one attached hydrogen (secondary N) is 2. The number of hydrogen-bond donors (Lipinski definition) is 7. The number of nitrogens with two attached hydrogens (primary N) is 2. The first-order valence-electron chi connectivity index (χ1n) is 14.4. The van der Waals surface area contributed by atoms with Crippen molar-refractivity contribution in [2.45, 2.75) is 43.6 Å². The largest absolute Gasteiger partial charge is 0.481 e. The zero-order valence-corrected chi connectivity index (χ0v) is 29.1. The van der Waals surface area contributed by atoms with Gasteiger partial charge in [0.25, 0.3) is 0 Å². The molecule has 3 aromatic heterocycles. The van der Waals surface area contributed by atoms with E-state index in [1.54, 1.807) is 0 Å². The number of imidazole rings is 1. The number of hydrogen-bond acceptors (Lipinski definition) is 12. The fraction of sp³-hybridized carbons (Fsp3) is 0.429. The molecule has 4 aromatic rings. The van der Waals surface area contributed by atoms with Crippen molar-refractivity contribution in [3.8, 4) is 0 Å². The maximum atomic E-state index is 13.7. The smallest absolute Gasteiger partial charge is 0.351 e. The molecule has 0 amide bonds. The number of aryl methyl sites for hydroxylation is 1. The van der Waals surface area contributed by atoms with E-state index in [4.69, 9.17) is 61.8 Å². The van der Waals surface area contributed by atoms with Gasteiger partial charge < -0.3 is 46.4 Å². The van der Waals surface area contributed by atoms with Crippen molar-refractivity contribution >= 4 is 83.5 Å².